The van der Waals surface area contributed by atoms with Crippen LogP contribution in [0.5, 0.6) is 28.7 Å². The third-order valence-corrected chi connectivity index (χ3v) is 15.5. The molecule has 85 heavy (non-hydrogen) atoms. The average Bonchev–Trinajstić information content (AvgIpc) is 1.88. The highest BCUT2D eigenvalue weighted by Crippen LogP contribution is 2.43. The number of nitrogens with one attached hydrogen (secondary N) is 4. The molecule has 0 aromatic heterocycles. The van der Waals surface area contributed by atoms with E-state index in [0.717, 1.165) is 6.07 Å². The van der Waals surface area contributed by atoms with Crippen molar-refractivity contribution >= 4 is 135 Å². The number of halogens is 1. The van der Waals surface area contributed by atoms with Crippen molar-refractivity contribution in [1.82, 2.24) is 21.3 Å². The molecule has 25 nitrogen and oxygen atoms in total. The quantitative estimate of drug-likeness (QED) is 0.0495. The molecule has 35 heteroatoms. The van der Waals surface area contributed by atoms with Crippen LogP contribution >= 0.6 is 58.8 Å². The van der Waals surface area contributed by atoms with Crippen molar-refractivity contribution in [2.75, 3.05) is 61.4 Å². The Balaban J connectivity index is 0.000000207. The third kappa shape index (κ3) is 18.5. The van der Waals surface area contributed by atoms with Crippen LogP contribution in [0, 0.1) is 5.82 Å². The van der Waals surface area contributed by atoms with Crippen molar-refractivity contribution in [1.29, 1.82) is 0 Å². The van der Waals surface area contributed by atoms with Gasteiger partial charge in [0.2, 0.25) is 23.6 Å². The standard InChI is InChI=1S/C13H16BNO6S.C13H16BNO5S2.C12H13BFNO5S.C12H14BNO5S/c1-20-9-4-3-7-8(15-10(16)6-22-2)5-14(19)21-12(7)11(9)13(17)18;1-21-6-10(16)15-8-5-14(19)20-12-7(8)3-4-9(22-2)11(12)13(17)18;1-21-5-9(16)15-8-4-13(19)20-11-6(8)2-3-7(14)10(11)12(17)18;1-20-6-10(15)14-9-5-13(18)19-11-7(9)3-2-4-8(11)12(16)17/h2*3-4,8,19H,5-6H2,1-2H3,(H,15,16)(H,17,18);2-3,8,19H,4-5H2,1H3,(H,15,16)(H,17,18);2-4,9,18H,5-6H2,1H3,(H,14,15)(H,16,17)/t3*8-;9-/m1111/s1. The lowest BCUT2D eigenvalue weighted by Gasteiger charge is -2.29. The van der Waals surface area contributed by atoms with E-state index in [4.69, 9.17) is 33.6 Å². The van der Waals surface area contributed by atoms with Gasteiger partial charge in [0.15, 0.2) is 0 Å². The summed E-state index contributed by atoms with van der Waals surface area (Å²) in [5.41, 5.74) is 1.20. The van der Waals surface area contributed by atoms with Crippen LogP contribution in [0.4, 0.5) is 4.39 Å². The molecule has 4 amide bonds. The average molecular weight is 1270 g/mol. The van der Waals surface area contributed by atoms with Gasteiger partial charge in [0.05, 0.1) is 54.3 Å². The topological polar surface area (TPSA) is 393 Å². The minimum absolute atomic E-state index is 0.0212. The largest absolute Gasteiger partial charge is 0.535 e. The van der Waals surface area contributed by atoms with Gasteiger partial charge in [0.1, 0.15) is 56.8 Å². The summed E-state index contributed by atoms with van der Waals surface area (Å²) in [5, 5.41) is 87.1. The summed E-state index contributed by atoms with van der Waals surface area (Å²) in [6.07, 6.45) is 9.57. The molecule has 0 radical (unpaired) electrons. The third-order valence-electron chi connectivity index (χ3n) is 12.5. The molecule has 0 saturated carbocycles. The Hall–Kier alpha value is -6.58. The van der Waals surface area contributed by atoms with Crippen molar-refractivity contribution in [3.8, 4) is 28.7 Å². The number of carbonyl (C=O) groups excluding carboxylic acids is 4. The first-order valence-electron chi connectivity index (χ1n) is 25.2. The molecule has 12 N–H and O–H groups in total. The highest BCUT2D eigenvalue weighted by molar-refractivity contribution is 8.00. The number of methoxy groups -OCH3 is 1. The number of ether oxygens (including phenoxy) is 1. The van der Waals surface area contributed by atoms with Crippen molar-refractivity contribution < 1.29 is 107 Å². The van der Waals surface area contributed by atoms with Crippen LogP contribution in [0.1, 0.15) is 87.9 Å². The Morgan fingerprint density at radius 2 is 0.824 bits per heavy atom. The second-order valence-electron chi connectivity index (χ2n) is 18.4. The number of carboxylic acid groups (broad SMARTS) is 4. The molecule has 0 fully saturated rings. The molecule has 8 rings (SSSR count). The van der Waals surface area contributed by atoms with Gasteiger partial charge in [-0.15, -0.1) is 11.8 Å². The van der Waals surface area contributed by atoms with Crippen molar-refractivity contribution in [3.05, 3.63) is 105 Å². The van der Waals surface area contributed by atoms with Crippen LogP contribution in [0.25, 0.3) is 0 Å². The lowest BCUT2D eigenvalue weighted by atomic mass is 9.75. The van der Waals surface area contributed by atoms with E-state index in [1.54, 1.807) is 49.1 Å². The number of fused-ring (bicyclic) bond motifs is 4. The van der Waals surface area contributed by atoms with Crippen LogP contribution < -0.4 is 44.6 Å². The summed E-state index contributed by atoms with van der Waals surface area (Å²) >= 11 is 6.77. The minimum Gasteiger partial charge on any atom is -0.535 e. The van der Waals surface area contributed by atoms with Gasteiger partial charge in [-0.05, 0) is 61.6 Å². The van der Waals surface area contributed by atoms with E-state index in [9.17, 15) is 73.1 Å². The van der Waals surface area contributed by atoms with Crippen LogP contribution in [0.2, 0.25) is 25.3 Å². The van der Waals surface area contributed by atoms with Crippen molar-refractivity contribution in [2.45, 2.75) is 54.3 Å². The second kappa shape index (κ2) is 32.8. The fourth-order valence-electron chi connectivity index (χ4n) is 9.08. The molecule has 4 aliphatic rings. The van der Waals surface area contributed by atoms with Crippen LogP contribution in [0.15, 0.2) is 59.5 Å². The number of rotatable bonds is 18. The van der Waals surface area contributed by atoms with Gasteiger partial charge >= 0.3 is 52.4 Å². The van der Waals surface area contributed by atoms with E-state index in [0.29, 0.717) is 38.7 Å². The normalized spacial score (nSPS) is 16.8. The molecule has 4 atom stereocenters. The van der Waals surface area contributed by atoms with E-state index in [-0.39, 0.29) is 106 Å². The zero-order valence-corrected chi connectivity index (χ0v) is 50.4. The van der Waals surface area contributed by atoms with Crippen molar-refractivity contribution in [3.63, 3.8) is 0 Å². The van der Waals surface area contributed by atoms with Crippen molar-refractivity contribution in [2.24, 2.45) is 0 Å². The Morgan fingerprint density at radius 3 is 1.18 bits per heavy atom. The summed E-state index contributed by atoms with van der Waals surface area (Å²) in [6.45, 7) is 0. The monoisotopic (exact) mass is 1270 g/mol. The molecule has 4 aliphatic heterocycles. The first-order chi connectivity index (χ1) is 40.4. The molecule has 4 heterocycles. The zero-order valence-electron chi connectivity index (χ0n) is 46.3. The predicted molar refractivity (Wildman–Crippen MR) is 323 cm³/mol. The van der Waals surface area contributed by atoms with E-state index in [2.05, 4.69) is 21.3 Å². The van der Waals surface area contributed by atoms with Gasteiger partial charge in [0, 0.05) is 52.4 Å². The van der Waals surface area contributed by atoms with E-state index >= 15 is 0 Å². The van der Waals surface area contributed by atoms with E-state index in [1.165, 1.54) is 84.1 Å². The van der Waals surface area contributed by atoms with Gasteiger partial charge in [-0.2, -0.15) is 47.0 Å². The Labute approximate surface area is 509 Å². The van der Waals surface area contributed by atoms with Gasteiger partial charge in [-0.3, -0.25) is 19.2 Å². The predicted octanol–water partition coefficient (Wildman–Crippen LogP) is 3.98. The van der Waals surface area contributed by atoms with Crippen LogP contribution in [-0.2, 0) is 19.2 Å². The molecule has 454 valence electrons. The van der Waals surface area contributed by atoms with Crippen LogP contribution in [0.3, 0.4) is 0 Å². The van der Waals surface area contributed by atoms with Gasteiger partial charge in [0.25, 0.3) is 0 Å². The number of benzene rings is 4. The summed E-state index contributed by atoms with van der Waals surface area (Å²) in [7, 11) is -3.44. The number of hydrogen-bond donors (Lipinski definition) is 12. The summed E-state index contributed by atoms with van der Waals surface area (Å²) in [6, 6.07) is 11.6. The molecule has 4 aromatic rings. The Morgan fingerprint density at radius 1 is 0.482 bits per heavy atom. The maximum atomic E-state index is 13.6. The highest BCUT2D eigenvalue weighted by Gasteiger charge is 2.40. The van der Waals surface area contributed by atoms with E-state index < -0.39 is 87.9 Å². The molecule has 0 spiro atoms. The molecule has 0 unspecified atom stereocenters. The lowest BCUT2D eigenvalue weighted by Crippen LogP contribution is -2.39. The summed E-state index contributed by atoms with van der Waals surface area (Å²) in [5.74, 6) is -5.40. The van der Waals surface area contributed by atoms with Gasteiger partial charge in [-0.25, -0.2) is 23.6 Å². The second-order valence-corrected chi connectivity index (χ2v) is 22.7. The first-order valence-corrected chi connectivity index (χ1v) is 32.0. The number of aromatic carboxylic acids is 4. The number of para-hydroxylation sites is 1. The fraction of sp³-hybridized carbons (Fsp3) is 0.360. The summed E-state index contributed by atoms with van der Waals surface area (Å²) < 4.78 is 39.6. The summed E-state index contributed by atoms with van der Waals surface area (Å²) in [4.78, 5) is 92.7. The molecular weight excluding hydrogens is 1220 g/mol. The number of amides is 4. The minimum atomic E-state index is -1.49. The highest BCUT2D eigenvalue weighted by atomic mass is 32.2. The number of hydrogen-bond acceptors (Lipinski definition) is 22. The molecule has 0 saturated heterocycles. The Bertz CT molecular complexity index is 3020. The molecule has 0 bridgehead atoms. The molecular formula is C50H59B4FN4O21S5. The Kier molecular flexibility index (Phi) is 26.7. The van der Waals surface area contributed by atoms with Gasteiger partial charge in [-0.1, -0.05) is 24.3 Å². The zero-order chi connectivity index (χ0) is 62.8. The molecule has 4 aromatic carbocycles. The first kappa shape index (κ1) is 69.2. The smallest absolute Gasteiger partial charge is 0.525 e. The number of carboxylic acids is 4. The molecule has 0 aliphatic carbocycles. The SMILES string of the molecule is COc1ccc2c(c1C(=O)O)OB(O)C[C@H]2NC(=O)CSC.CSCC(=O)N[C@@H]1CB(O)Oc2c(C(=O)O)cccc21.CSCC(=O)N[C@@H]1CB(O)Oc2c1ccc(F)c2C(=O)O.CSCC(=O)N[C@@H]1CB(O)Oc2c1ccc(SC)c2C(=O)O. The van der Waals surface area contributed by atoms with Crippen LogP contribution in [-0.4, -0.2) is 178 Å². The van der Waals surface area contributed by atoms with E-state index in [1.807, 2.05) is 12.5 Å². The fourth-order valence-corrected chi connectivity index (χ4v) is 11.1. The maximum absolute atomic E-state index is 13.6. The van der Waals surface area contributed by atoms with Gasteiger partial charge < -0.3 is 85.1 Å². The number of thioether (sulfide) groups is 5. The lowest BCUT2D eigenvalue weighted by molar-refractivity contribution is -0.120. The number of carbonyl (C=O) groups is 8. The maximum Gasteiger partial charge on any atom is 0.525 e.